The molecule has 1 aliphatic heterocycles. The van der Waals surface area contributed by atoms with Gasteiger partial charge in [0.1, 0.15) is 0 Å². The molecule has 30 heavy (non-hydrogen) atoms. The molecule has 6 nitrogen and oxygen atoms in total. The van der Waals surface area contributed by atoms with Crippen LogP contribution in [0.25, 0.3) is 0 Å². The molecule has 1 aliphatic rings. The van der Waals surface area contributed by atoms with Gasteiger partial charge in [0.25, 0.3) is 5.91 Å². The quantitative estimate of drug-likeness (QED) is 0.759. The van der Waals surface area contributed by atoms with E-state index in [2.05, 4.69) is 9.62 Å². The fourth-order valence-electron chi connectivity index (χ4n) is 3.38. The number of piperazine rings is 1. The topological polar surface area (TPSA) is 69.7 Å². The molecule has 0 bridgehead atoms. The van der Waals surface area contributed by atoms with Crippen molar-refractivity contribution in [3.05, 3.63) is 64.7 Å². The molecule has 1 saturated heterocycles. The number of sulfonamides is 1. The Morgan fingerprint density at radius 3 is 2.07 bits per heavy atom. The van der Waals surface area contributed by atoms with E-state index in [-0.39, 0.29) is 10.8 Å². The number of rotatable bonds is 5. The number of amides is 1. The van der Waals surface area contributed by atoms with Crippen LogP contribution in [0.2, 0.25) is 5.02 Å². The molecule has 8 heteroatoms. The molecule has 0 spiro atoms. The van der Waals surface area contributed by atoms with Gasteiger partial charge in [-0.15, -0.1) is 0 Å². The summed E-state index contributed by atoms with van der Waals surface area (Å²) >= 11 is 5.93. The first-order valence-corrected chi connectivity index (χ1v) is 11.8. The second-order valence-electron chi connectivity index (χ2n) is 8.57. The lowest BCUT2D eigenvalue weighted by molar-refractivity contribution is 0.0628. The van der Waals surface area contributed by atoms with E-state index >= 15 is 0 Å². The van der Waals surface area contributed by atoms with Crippen molar-refractivity contribution in [1.82, 2.24) is 14.5 Å². The van der Waals surface area contributed by atoms with E-state index in [0.29, 0.717) is 18.7 Å². The van der Waals surface area contributed by atoms with Gasteiger partial charge in [0.15, 0.2) is 0 Å². The van der Waals surface area contributed by atoms with Crippen LogP contribution < -0.4 is 4.72 Å². The molecule has 2 aromatic carbocycles. The van der Waals surface area contributed by atoms with Gasteiger partial charge in [-0.25, -0.2) is 13.1 Å². The minimum absolute atomic E-state index is 0.0751. The number of nitrogens with one attached hydrogen (secondary N) is 1. The zero-order chi connectivity index (χ0) is 21.9. The molecule has 0 atom stereocenters. The lowest BCUT2D eigenvalue weighted by Crippen LogP contribution is -2.48. The minimum Gasteiger partial charge on any atom is -0.336 e. The number of hydrogen-bond donors (Lipinski definition) is 1. The molecule has 3 rings (SSSR count). The SMILES string of the molecule is CC(C)(C)NS(=O)(=O)c1ccc(C(=O)N2CCN(Cc3ccc(Cl)cc3)CC2)cc1. The Morgan fingerprint density at radius 2 is 1.53 bits per heavy atom. The Kier molecular flexibility index (Phi) is 6.87. The Bertz CT molecular complexity index is 976. The van der Waals surface area contributed by atoms with Crippen molar-refractivity contribution in [3.63, 3.8) is 0 Å². The summed E-state index contributed by atoms with van der Waals surface area (Å²) in [5, 5.41) is 0.724. The molecule has 0 aliphatic carbocycles. The third-order valence-electron chi connectivity index (χ3n) is 4.83. The first-order chi connectivity index (χ1) is 14.0. The highest BCUT2D eigenvalue weighted by molar-refractivity contribution is 7.89. The highest BCUT2D eigenvalue weighted by atomic mass is 35.5. The molecule has 1 heterocycles. The van der Waals surface area contributed by atoms with Crippen molar-refractivity contribution in [3.8, 4) is 0 Å². The third kappa shape index (κ3) is 6.04. The van der Waals surface area contributed by atoms with Gasteiger partial charge in [-0.05, 0) is 62.7 Å². The normalized spacial score (nSPS) is 15.9. The summed E-state index contributed by atoms with van der Waals surface area (Å²) in [6, 6.07) is 13.9. The van der Waals surface area contributed by atoms with Crippen LogP contribution in [0, 0.1) is 0 Å². The Labute approximate surface area is 183 Å². The lowest BCUT2D eigenvalue weighted by Gasteiger charge is -2.34. The van der Waals surface area contributed by atoms with Gasteiger partial charge in [0.05, 0.1) is 4.90 Å². The molecular formula is C22H28ClN3O3S. The summed E-state index contributed by atoms with van der Waals surface area (Å²) in [5.41, 5.74) is 1.12. The fourth-order valence-corrected chi connectivity index (χ4v) is 4.92. The minimum atomic E-state index is -3.61. The van der Waals surface area contributed by atoms with Crippen molar-refractivity contribution in [1.29, 1.82) is 0 Å². The van der Waals surface area contributed by atoms with Crippen molar-refractivity contribution in [2.45, 2.75) is 37.8 Å². The van der Waals surface area contributed by atoms with Crippen LogP contribution in [-0.2, 0) is 16.6 Å². The van der Waals surface area contributed by atoms with Crippen LogP contribution in [0.1, 0.15) is 36.7 Å². The first kappa shape index (κ1) is 22.7. The molecule has 162 valence electrons. The van der Waals surface area contributed by atoms with Crippen molar-refractivity contribution < 1.29 is 13.2 Å². The van der Waals surface area contributed by atoms with E-state index in [1.165, 1.54) is 17.7 Å². The standard InChI is InChI=1S/C22H28ClN3O3S/c1-22(2,3)24-30(28,29)20-10-6-18(7-11-20)21(27)26-14-12-25(13-15-26)16-17-4-8-19(23)9-5-17/h4-11,24H,12-16H2,1-3H3. The van der Waals surface area contributed by atoms with Crippen LogP contribution in [0.4, 0.5) is 0 Å². The molecule has 0 saturated carbocycles. The molecule has 2 aromatic rings. The predicted molar refractivity (Wildman–Crippen MR) is 119 cm³/mol. The number of benzene rings is 2. The van der Waals surface area contributed by atoms with Crippen LogP contribution in [0.3, 0.4) is 0 Å². The number of carbonyl (C=O) groups excluding carboxylic acids is 1. The van der Waals surface area contributed by atoms with Crippen molar-refractivity contribution in [2.75, 3.05) is 26.2 Å². The predicted octanol–water partition coefficient (Wildman–Crippen LogP) is 3.37. The first-order valence-electron chi connectivity index (χ1n) is 9.94. The van der Waals surface area contributed by atoms with Gasteiger partial charge >= 0.3 is 0 Å². The summed E-state index contributed by atoms with van der Waals surface area (Å²) < 4.78 is 27.4. The third-order valence-corrected chi connectivity index (χ3v) is 6.86. The fraction of sp³-hybridized carbons (Fsp3) is 0.409. The summed E-state index contributed by atoms with van der Waals surface area (Å²) in [6.07, 6.45) is 0. The smallest absolute Gasteiger partial charge is 0.253 e. The summed E-state index contributed by atoms with van der Waals surface area (Å²) in [6.45, 7) is 9.04. The summed E-state index contributed by atoms with van der Waals surface area (Å²) in [5.74, 6) is -0.0751. The molecular weight excluding hydrogens is 422 g/mol. The van der Waals surface area contributed by atoms with Crippen LogP contribution >= 0.6 is 11.6 Å². The van der Waals surface area contributed by atoms with E-state index < -0.39 is 15.6 Å². The number of carbonyl (C=O) groups is 1. The highest BCUT2D eigenvalue weighted by Gasteiger charge is 2.24. The van der Waals surface area contributed by atoms with E-state index in [1.54, 1.807) is 32.9 Å². The van der Waals surface area contributed by atoms with Crippen molar-refractivity contribution in [2.24, 2.45) is 0 Å². The molecule has 1 N–H and O–H groups in total. The lowest BCUT2D eigenvalue weighted by atomic mass is 10.1. The van der Waals surface area contributed by atoms with Crippen LogP contribution in [0.5, 0.6) is 0 Å². The second kappa shape index (κ2) is 9.06. The molecule has 1 amide bonds. The number of nitrogens with zero attached hydrogens (tertiary/aromatic N) is 2. The number of hydrogen-bond acceptors (Lipinski definition) is 4. The zero-order valence-corrected chi connectivity index (χ0v) is 19.1. The summed E-state index contributed by atoms with van der Waals surface area (Å²) in [4.78, 5) is 17.1. The van der Waals surface area contributed by atoms with E-state index in [9.17, 15) is 13.2 Å². The van der Waals surface area contributed by atoms with Gasteiger partial charge in [-0.2, -0.15) is 0 Å². The van der Waals surface area contributed by atoms with E-state index in [0.717, 1.165) is 24.7 Å². The van der Waals surface area contributed by atoms with Gasteiger partial charge in [-0.3, -0.25) is 9.69 Å². The van der Waals surface area contributed by atoms with E-state index in [1.807, 2.05) is 29.2 Å². The molecule has 0 aromatic heterocycles. The second-order valence-corrected chi connectivity index (χ2v) is 10.7. The Morgan fingerprint density at radius 1 is 0.967 bits per heavy atom. The average molecular weight is 450 g/mol. The number of halogens is 1. The van der Waals surface area contributed by atoms with Crippen molar-refractivity contribution >= 4 is 27.5 Å². The molecule has 0 unspecified atom stereocenters. The Balaban J connectivity index is 1.58. The average Bonchev–Trinajstić information content (AvgIpc) is 2.68. The van der Waals surface area contributed by atoms with Crippen LogP contribution in [-0.4, -0.2) is 55.8 Å². The zero-order valence-electron chi connectivity index (χ0n) is 17.6. The largest absolute Gasteiger partial charge is 0.336 e. The summed E-state index contributed by atoms with van der Waals surface area (Å²) in [7, 11) is -3.61. The Hall–Kier alpha value is -1.93. The highest BCUT2D eigenvalue weighted by Crippen LogP contribution is 2.17. The maximum absolute atomic E-state index is 12.8. The molecule has 0 radical (unpaired) electrons. The maximum Gasteiger partial charge on any atom is 0.253 e. The van der Waals surface area contributed by atoms with E-state index in [4.69, 9.17) is 11.6 Å². The maximum atomic E-state index is 12.8. The van der Waals surface area contributed by atoms with Gasteiger partial charge in [0.2, 0.25) is 10.0 Å². The van der Waals surface area contributed by atoms with Gasteiger partial charge < -0.3 is 4.90 Å². The van der Waals surface area contributed by atoms with Gasteiger partial charge in [-0.1, -0.05) is 23.7 Å². The molecule has 1 fully saturated rings. The van der Waals surface area contributed by atoms with Crippen LogP contribution in [0.15, 0.2) is 53.4 Å². The monoisotopic (exact) mass is 449 g/mol. The van der Waals surface area contributed by atoms with Gasteiger partial charge in [0, 0.05) is 48.8 Å².